The van der Waals surface area contributed by atoms with Gasteiger partial charge in [-0.2, -0.15) is 9.97 Å². The number of anilines is 2. The van der Waals surface area contributed by atoms with Gasteiger partial charge in [-0.05, 0) is 0 Å². The quantitative estimate of drug-likeness (QED) is 0.0713. The monoisotopic (exact) mass is 706 g/mol. The molecule has 0 spiro atoms. The van der Waals surface area contributed by atoms with Crippen molar-refractivity contribution in [3.63, 3.8) is 0 Å². The maximum absolute atomic E-state index is 12.3. The maximum atomic E-state index is 12.3. The summed E-state index contributed by atoms with van der Waals surface area (Å²) in [4.78, 5) is 68.7. The Balaban J connectivity index is 1.06. The number of ether oxygens (including phenoxy) is 2. The van der Waals surface area contributed by atoms with Crippen LogP contribution in [0, 0.1) is 0 Å². The van der Waals surface area contributed by atoms with E-state index in [9.17, 15) is 48.9 Å². The summed E-state index contributed by atoms with van der Waals surface area (Å²) in [5.74, 6) is -0.577. The van der Waals surface area contributed by atoms with Crippen molar-refractivity contribution in [1.82, 2.24) is 39.0 Å². The number of nitrogens with two attached hydrogens (primary N) is 2. The number of aliphatic hydroxyl groups excluding tert-OH is 4. The van der Waals surface area contributed by atoms with Crippen LogP contribution in [0.5, 0.6) is 0 Å². The average Bonchev–Trinajstić information content (AvgIpc) is 3.72. The number of fused-ring (bicyclic) bond motifs is 2. The van der Waals surface area contributed by atoms with E-state index in [0.29, 0.717) is 0 Å². The number of aromatic nitrogens is 8. The molecule has 47 heavy (non-hydrogen) atoms. The van der Waals surface area contributed by atoms with Gasteiger partial charge in [-0.1, -0.05) is 0 Å². The summed E-state index contributed by atoms with van der Waals surface area (Å²) < 4.78 is 50.8. The second-order valence-corrected chi connectivity index (χ2v) is 13.2. The lowest BCUT2D eigenvalue weighted by molar-refractivity contribution is -0.246. The van der Waals surface area contributed by atoms with E-state index in [-0.39, 0.29) is 34.2 Å². The van der Waals surface area contributed by atoms with E-state index < -0.39 is 89.1 Å². The van der Waals surface area contributed by atoms with Crippen LogP contribution in [-0.4, -0.2) is 109 Å². The van der Waals surface area contributed by atoms with Gasteiger partial charge in [0.2, 0.25) is 11.9 Å². The van der Waals surface area contributed by atoms with Gasteiger partial charge in [0.1, 0.15) is 36.6 Å². The Bertz CT molecular complexity index is 1890. The number of nitrogen functional groups attached to an aromatic ring is 2. The predicted octanol–water partition coefficient (Wildman–Crippen LogP) is -5.36. The molecule has 0 aromatic carbocycles. The molecule has 0 saturated carbocycles. The highest BCUT2D eigenvalue weighted by Crippen LogP contribution is 2.56. The molecule has 10 N–H and O–H groups in total. The largest absolute Gasteiger partial charge is 0.756 e. The van der Waals surface area contributed by atoms with Crippen molar-refractivity contribution >= 4 is 49.9 Å². The minimum Gasteiger partial charge on any atom is -0.756 e. The minimum absolute atomic E-state index is 0.128. The Labute approximate surface area is 258 Å². The third-order valence-corrected chi connectivity index (χ3v) is 9.65. The molecule has 6 heterocycles. The Kier molecular flexibility index (Phi) is 8.54. The van der Waals surface area contributed by atoms with Crippen LogP contribution in [-0.2, 0) is 32.0 Å². The van der Waals surface area contributed by atoms with Gasteiger partial charge in [-0.25, -0.2) is 14.3 Å². The highest BCUT2D eigenvalue weighted by atomic mass is 31.3. The fourth-order valence-corrected chi connectivity index (χ4v) is 6.97. The van der Waals surface area contributed by atoms with Crippen LogP contribution in [0.1, 0.15) is 12.5 Å². The summed E-state index contributed by atoms with van der Waals surface area (Å²) in [5.41, 5.74) is 9.06. The first-order chi connectivity index (χ1) is 22.0. The molecule has 2 fully saturated rings. The second kappa shape index (κ2) is 12.1. The van der Waals surface area contributed by atoms with E-state index in [1.807, 2.05) is 0 Å². The van der Waals surface area contributed by atoms with Crippen molar-refractivity contribution in [3.05, 3.63) is 33.4 Å². The molecule has 25 nitrogen and oxygen atoms in total. The Hall–Kier alpha value is -3.68. The van der Waals surface area contributed by atoms with E-state index in [0.717, 1.165) is 21.8 Å². The summed E-state index contributed by atoms with van der Waals surface area (Å²) in [5, 5.41) is 41.8. The zero-order valence-corrected chi connectivity index (χ0v) is 25.0. The van der Waals surface area contributed by atoms with E-state index >= 15 is 0 Å². The summed E-state index contributed by atoms with van der Waals surface area (Å²) in [7, 11) is -11.5. The SMILES string of the molecule is Nc1nc2c(ncn2C2OC(COP(=O)([O-])OP(=O)([O-])OCC3OC(n4cnc5c(=O)[nH]c(N)nc54)C(O)C3O)C(O)C2O)c(=O)[nH]1. The van der Waals surface area contributed by atoms with Crippen molar-refractivity contribution in [2.75, 3.05) is 24.7 Å². The first-order valence-corrected chi connectivity index (χ1v) is 16.1. The lowest BCUT2D eigenvalue weighted by Crippen LogP contribution is -2.34. The van der Waals surface area contributed by atoms with Crippen LogP contribution >= 0.6 is 15.6 Å². The number of aliphatic hydroxyl groups is 4. The number of H-pyrrole nitrogens is 2. The Morgan fingerprint density at radius 1 is 0.766 bits per heavy atom. The summed E-state index contributed by atoms with van der Waals surface area (Å²) in [6.45, 7) is -2.12. The lowest BCUT2D eigenvalue weighted by atomic mass is 10.1. The van der Waals surface area contributed by atoms with Gasteiger partial charge in [0.15, 0.2) is 34.8 Å². The van der Waals surface area contributed by atoms with Crippen LogP contribution in [0.3, 0.4) is 0 Å². The van der Waals surface area contributed by atoms with Gasteiger partial charge in [0.05, 0.1) is 25.9 Å². The van der Waals surface area contributed by atoms with Crippen molar-refractivity contribution in [3.8, 4) is 0 Å². The smallest absolute Gasteiger partial charge is 0.280 e. The third kappa shape index (κ3) is 6.32. The molecular weight excluding hydrogens is 682 g/mol. The van der Waals surface area contributed by atoms with Gasteiger partial charge >= 0.3 is 0 Å². The number of phosphoric acid groups is 2. The minimum atomic E-state index is -5.76. The molecule has 10 unspecified atom stereocenters. The zero-order valence-electron chi connectivity index (χ0n) is 23.2. The molecule has 27 heteroatoms. The molecule has 2 saturated heterocycles. The maximum Gasteiger partial charge on any atom is 0.280 e. The molecule has 10 atom stereocenters. The van der Waals surface area contributed by atoms with Crippen LogP contribution < -0.4 is 32.4 Å². The normalized spacial score (nSPS) is 30.6. The number of aromatic amines is 2. The van der Waals surface area contributed by atoms with Gasteiger partial charge < -0.3 is 60.2 Å². The number of nitrogens with one attached hydrogen (secondary N) is 2. The molecule has 0 radical (unpaired) electrons. The van der Waals surface area contributed by atoms with Crippen molar-refractivity contribution in [2.24, 2.45) is 0 Å². The topological polar surface area (TPSA) is 387 Å². The first kappa shape index (κ1) is 33.2. The van der Waals surface area contributed by atoms with E-state index in [2.05, 4.69) is 43.3 Å². The number of hydrogen-bond donors (Lipinski definition) is 8. The molecule has 0 amide bonds. The highest BCUT2D eigenvalue weighted by Gasteiger charge is 2.46. The fraction of sp³-hybridized carbons (Fsp3) is 0.500. The molecule has 2 aliphatic heterocycles. The number of phosphoric ester groups is 2. The molecule has 256 valence electrons. The average molecular weight is 706 g/mol. The molecular formula is C20H24N10O15P2-2. The van der Waals surface area contributed by atoms with Gasteiger partial charge in [0, 0.05) is 0 Å². The summed E-state index contributed by atoms with van der Waals surface area (Å²) >= 11 is 0. The molecule has 6 rings (SSSR count). The van der Waals surface area contributed by atoms with Crippen molar-refractivity contribution < 1.29 is 62.2 Å². The third-order valence-electron chi connectivity index (χ3n) is 7.12. The number of rotatable bonds is 10. The summed E-state index contributed by atoms with van der Waals surface area (Å²) in [6.07, 6.45) is -11.0. The van der Waals surface area contributed by atoms with Crippen molar-refractivity contribution in [1.29, 1.82) is 0 Å². The molecule has 0 bridgehead atoms. The number of hydrogen-bond acceptors (Lipinski definition) is 21. The van der Waals surface area contributed by atoms with Crippen LogP contribution in [0.25, 0.3) is 22.3 Å². The van der Waals surface area contributed by atoms with Crippen molar-refractivity contribution in [2.45, 2.75) is 49.1 Å². The molecule has 0 aliphatic carbocycles. The van der Waals surface area contributed by atoms with Gasteiger partial charge in [-0.3, -0.25) is 37.8 Å². The lowest BCUT2D eigenvalue weighted by Gasteiger charge is -2.32. The Morgan fingerprint density at radius 3 is 1.53 bits per heavy atom. The van der Waals surface area contributed by atoms with Crippen LogP contribution in [0.15, 0.2) is 22.2 Å². The van der Waals surface area contributed by atoms with E-state index in [1.165, 1.54) is 0 Å². The number of imidazole rings is 2. The number of nitrogens with zero attached hydrogens (tertiary/aromatic N) is 6. The molecule has 4 aromatic rings. The zero-order chi connectivity index (χ0) is 34.0. The standard InChI is InChI=1S/C20H26N10O15P2/c21-19-25-13-7(15(35)27-19)23-3-29(13)17-11(33)9(31)5(43-17)1-41-46(37,38)45-47(39,40)42-2-6-10(32)12(34)18(44-6)30-4-24-8-14(30)26-20(22)28-16(8)36/h3-6,9-12,17-18,31-34H,1-2H2,(H,37,38)(H,39,40)(H3,21,25,27,35)(H3,22,26,28,36)/p-2. The van der Waals surface area contributed by atoms with Crippen LogP contribution in [0.4, 0.5) is 11.9 Å². The van der Waals surface area contributed by atoms with Gasteiger partial charge in [-0.15, -0.1) is 0 Å². The first-order valence-electron chi connectivity index (χ1n) is 13.2. The van der Waals surface area contributed by atoms with Gasteiger partial charge in [0.25, 0.3) is 26.8 Å². The predicted molar refractivity (Wildman–Crippen MR) is 145 cm³/mol. The molecule has 4 aromatic heterocycles. The van der Waals surface area contributed by atoms with Crippen LogP contribution in [0.2, 0.25) is 0 Å². The highest BCUT2D eigenvalue weighted by molar-refractivity contribution is 7.59. The van der Waals surface area contributed by atoms with E-state index in [4.69, 9.17) is 20.9 Å². The fourth-order valence-electron chi connectivity index (χ4n) is 4.95. The summed E-state index contributed by atoms with van der Waals surface area (Å²) in [6, 6.07) is 0. The second-order valence-electron chi connectivity index (χ2n) is 10.2. The van der Waals surface area contributed by atoms with E-state index in [1.54, 1.807) is 0 Å². The Morgan fingerprint density at radius 2 is 1.15 bits per heavy atom. The molecule has 2 aliphatic rings.